The number of nitrogens with two attached hydrogens (primary N) is 1. The van der Waals surface area contributed by atoms with Crippen molar-refractivity contribution in [1.29, 1.82) is 0 Å². The standard InChI is InChI=1S/C21H18N4O4/c1-28-19-5-3-2-4-18(19)21(27)29-25-17-12-10-16(11-13-17)23-24-20(26)14-6-8-15(22)9-7-14/h2-13,25H,22H2,1H3. The first kappa shape index (κ1) is 19.6. The smallest absolute Gasteiger partial charge is 0.366 e. The highest BCUT2D eigenvalue weighted by Gasteiger charge is 2.13. The Bertz CT molecular complexity index is 1030. The number of nitrogens with one attached hydrogen (secondary N) is 1. The van der Waals surface area contributed by atoms with E-state index in [9.17, 15) is 9.59 Å². The van der Waals surface area contributed by atoms with Crippen LogP contribution in [-0.2, 0) is 4.84 Å². The number of nitrogens with zero attached hydrogens (tertiary/aromatic N) is 2. The Kier molecular flexibility index (Phi) is 6.16. The number of nitrogen functional groups attached to an aromatic ring is 1. The van der Waals surface area contributed by atoms with E-state index >= 15 is 0 Å². The van der Waals surface area contributed by atoms with Crippen molar-refractivity contribution >= 4 is 28.9 Å². The summed E-state index contributed by atoms with van der Waals surface area (Å²) >= 11 is 0. The van der Waals surface area contributed by atoms with Crippen LogP contribution in [0, 0.1) is 0 Å². The van der Waals surface area contributed by atoms with Crippen LogP contribution in [0.5, 0.6) is 5.75 Å². The van der Waals surface area contributed by atoms with E-state index < -0.39 is 11.9 Å². The van der Waals surface area contributed by atoms with Crippen LogP contribution in [0.15, 0.2) is 83.0 Å². The highest BCUT2D eigenvalue weighted by atomic mass is 16.7. The molecule has 3 aromatic carbocycles. The van der Waals surface area contributed by atoms with E-state index in [0.29, 0.717) is 33.9 Å². The van der Waals surface area contributed by atoms with Crippen molar-refractivity contribution in [3.05, 3.63) is 83.9 Å². The van der Waals surface area contributed by atoms with Gasteiger partial charge in [-0.2, -0.15) is 0 Å². The summed E-state index contributed by atoms with van der Waals surface area (Å²) in [6.07, 6.45) is 0. The number of hydrogen-bond donors (Lipinski definition) is 2. The Morgan fingerprint density at radius 3 is 2.31 bits per heavy atom. The summed E-state index contributed by atoms with van der Waals surface area (Å²) in [4.78, 5) is 29.2. The molecular weight excluding hydrogens is 372 g/mol. The third-order valence-electron chi connectivity index (χ3n) is 3.87. The minimum atomic E-state index is -0.583. The second kappa shape index (κ2) is 9.14. The van der Waals surface area contributed by atoms with Crippen molar-refractivity contribution in [3.8, 4) is 5.75 Å². The number of methoxy groups -OCH3 is 1. The topological polar surface area (TPSA) is 115 Å². The van der Waals surface area contributed by atoms with Crippen molar-refractivity contribution in [2.75, 3.05) is 18.3 Å². The zero-order chi connectivity index (χ0) is 20.6. The number of azo groups is 1. The highest BCUT2D eigenvalue weighted by Crippen LogP contribution is 2.20. The van der Waals surface area contributed by atoms with Crippen LogP contribution in [0.25, 0.3) is 0 Å². The van der Waals surface area contributed by atoms with Crippen LogP contribution in [-0.4, -0.2) is 19.0 Å². The first-order chi connectivity index (χ1) is 14.1. The molecule has 0 aliphatic heterocycles. The molecule has 8 nitrogen and oxygen atoms in total. The molecular formula is C21H18N4O4. The molecule has 0 saturated carbocycles. The molecule has 0 spiro atoms. The maximum absolute atomic E-state index is 12.2. The number of anilines is 2. The third kappa shape index (κ3) is 5.16. The van der Waals surface area contributed by atoms with Crippen molar-refractivity contribution in [2.45, 2.75) is 0 Å². The molecule has 0 radical (unpaired) electrons. The summed E-state index contributed by atoms with van der Waals surface area (Å²) < 4.78 is 5.13. The maximum atomic E-state index is 12.2. The summed E-state index contributed by atoms with van der Waals surface area (Å²) in [5, 5.41) is 7.59. The van der Waals surface area contributed by atoms with E-state index in [1.165, 1.54) is 7.11 Å². The first-order valence-electron chi connectivity index (χ1n) is 8.58. The fraction of sp³-hybridized carbons (Fsp3) is 0.0476. The van der Waals surface area contributed by atoms with Gasteiger partial charge in [0.2, 0.25) is 0 Å². The first-order valence-corrected chi connectivity index (χ1v) is 8.58. The Balaban J connectivity index is 1.58. The second-order valence-electron chi connectivity index (χ2n) is 5.87. The van der Waals surface area contributed by atoms with Crippen LogP contribution >= 0.6 is 0 Å². The lowest BCUT2D eigenvalue weighted by Crippen LogP contribution is -2.11. The van der Waals surface area contributed by atoms with E-state index in [1.807, 2.05) is 0 Å². The number of carbonyl (C=O) groups excluding carboxylic acids is 2. The van der Waals surface area contributed by atoms with Gasteiger partial charge in [-0.15, -0.1) is 10.2 Å². The summed E-state index contributed by atoms with van der Waals surface area (Å²) in [6.45, 7) is 0. The van der Waals surface area contributed by atoms with Gasteiger partial charge in [-0.25, -0.2) is 10.3 Å². The van der Waals surface area contributed by atoms with Gasteiger partial charge in [-0.05, 0) is 60.7 Å². The van der Waals surface area contributed by atoms with Gasteiger partial charge in [0.25, 0.3) is 5.91 Å². The van der Waals surface area contributed by atoms with Gasteiger partial charge in [0.15, 0.2) is 0 Å². The van der Waals surface area contributed by atoms with E-state index in [0.717, 1.165) is 0 Å². The molecule has 8 heteroatoms. The molecule has 0 aromatic heterocycles. The quantitative estimate of drug-likeness (QED) is 0.366. The third-order valence-corrected chi connectivity index (χ3v) is 3.87. The lowest BCUT2D eigenvalue weighted by Gasteiger charge is -2.09. The predicted molar refractivity (Wildman–Crippen MR) is 108 cm³/mol. The van der Waals surface area contributed by atoms with Gasteiger partial charge in [-0.1, -0.05) is 12.1 Å². The van der Waals surface area contributed by atoms with E-state index in [-0.39, 0.29) is 0 Å². The van der Waals surface area contributed by atoms with Crippen molar-refractivity contribution in [1.82, 2.24) is 0 Å². The summed E-state index contributed by atoms with van der Waals surface area (Å²) in [7, 11) is 1.48. The van der Waals surface area contributed by atoms with Gasteiger partial charge in [0.1, 0.15) is 11.3 Å². The van der Waals surface area contributed by atoms with Crippen LogP contribution in [0.3, 0.4) is 0 Å². The molecule has 0 unspecified atom stereocenters. The van der Waals surface area contributed by atoms with Crippen molar-refractivity contribution < 1.29 is 19.2 Å². The van der Waals surface area contributed by atoms with Crippen LogP contribution < -0.4 is 16.0 Å². The van der Waals surface area contributed by atoms with Gasteiger partial charge >= 0.3 is 5.97 Å². The average molecular weight is 390 g/mol. The molecule has 0 heterocycles. The molecule has 0 saturated heterocycles. The number of para-hydroxylation sites is 1. The lowest BCUT2D eigenvalue weighted by molar-refractivity contribution is 0.0592. The molecule has 0 fully saturated rings. The lowest BCUT2D eigenvalue weighted by atomic mass is 10.2. The molecule has 0 aliphatic rings. The summed E-state index contributed by atoms with van der Waals surface area (Å²) in [5.74, 6) is -0.640. The number of rotatable bonds is 6. The van der Waals surface area contributed by atoms with Crippen LogP contribution in [0.1, 0.15) is 20.7 Å². The Labute approximate surface area is 166 Å². The van der Waals surface area contributed by atoms with E-state index in [1.54, 1.807) is 72.8 Å². The molecule has 29 heavy (non-hydrogen) atoms. The second-order valence-corrected chi connectivity index (χ2v) is 5.87. The highest BCUT2D eigenvalue weighted by molar-refractivity contribution is 5.95. The van der Waals surface area contributed by atoms with Crippen LogP contribution in [0.4, 0.5) is 17.1 Å². The number of carbonyl (C=O) groups is 2. The Morgan fingerprint density at radius 2 is 1.62 bits per heavy atom. The van der Waals surface area contributed by atoms with Gasteiger partial charge in [0, 0.05) is 11.3 Å². The molecule has 0 atom stereocenters. The molecule has 3 aromatic rings. The van der Waals surface area contributed by atoms with Crippen molar-refractivity contribution in [3.63, 3.8) is 0 Å². The maximum Gasteiger partial charge on any atom is 0.366 e. The van der Waals surface area contributed by atoms with E-state index in [2.05, 4.69) is 15.7 Å². The number of benzene rings is 3. The number of hydrogen-bond acceptors (Lipinski definition) is 7. The van der Waals surface area contributed by atoms with Crippen molar-refractivity contribution in [2.24, 2.45) is 10.2 Å². The molecule has 1 amide bonds. The van der Waals surface area contributed by atoms with Gasteiger partial charge in [0.05, 0.1) is 18.5 Å². The number of amides is 1. The Hall–Kier alpha value is -4.20. The zero-order valence-corrected chi connectivity index (χ0v) is 15.5. The molecule has 146 valence electrons. The van der Waals surface area contributed by atoms with Gasteiger partial charge in [-0.3, -0.25) is 4.79 Å². The summed E-state index contributed by atoms with van der Waals surface area (Å²) in [5.41, 5.74) is 10.4. The molecule has 3 rings (SSSR count). The fourth-order valence-electron chi connectivity index (χ4n) is 2.36. The SMILES string of the molecule is COc1ccccc1C(=O)ONc1ccc(N=NC(=O)c2ccc(N)cc2)cc1. The molecule has 0 aliphatic carbocycles. The monoisotopic (exact) mass is 390 g/mol. The average Bonchev–Trinajstić information content (AvgIpc) is 2.77. The summed E-state index contributed by atoms with van der Waals surface area (Å²) in [6, 6.07) is 19.7. The number of ether oxygens (including phenoxy) is 1. The van der Waals surface area contributed by atoms with Gasteiger partial charge < -0.3 is 15.3 Å². The minimum Gasteiger partial charge on any atom is -0.496 e. The Morgan fingerprint density at radius 1 is 0.931 bits per heavy atom. The minimum absolute atomic E-state index is 0.300. The normalized spacial score (nSPS) is 10.5. The van der Waals surface area contributed by atoms with Crippen LogP contribution in [0.2, 0.25) is 0 Å². The van der Waals surface area contributed by atoms with E-state index in [4.69, 9.17) is 15.3 Å². The predicted octanol–water partition coefficient (Wildman–Crippen LogP) is 4.39. The molecule has 0 bridgehead atoms. The fourth-order valence-corrected chi connectivity index (χ4v) is 2.36. The molecule has 3 N–H and O–H groups in total. The largest absolute Gasteiger partial charge is 0.496 e. The zero-order valence-electron chi connectivity index (χ0n) is 15.5.